The van der Waals surface area contributed by atoms with E-state index in [-0.39, 0.29) is 11.9 Å². The van der Waals surface area contributed by atoms with Crippen molar-refractivity contribution in [2.45, 2.75) is 85.8 Å². The number of rotatable bonds is 19. The molecular formula is C50H59BrO6S2Sn. The van der Waals surface area contributed by atoms with E-state index in [1.54, 1.807) is 20.3 Å². The van der Waals surface area contributed by atoms with E-state index in [0.29, 0.717) is 18.1 Å². The fourth-order valence-electron chi connectivity index (χ4n) is 6.55. The molecule has 60 heavy (non-hydrogen) atoms. The smallest absolute Gasteiger partial charge is 0.348 e. The normalized spacial score (nSPS) is 10.7. The zero-order valence-electron chi connectivity index (χ0n) is 35.6. The number of halogens is 1. The summed E-state index contributed by atoms with van der Waals surface area (Å²) in [6.07, 6.45) is 7.92. The van der Waals surface area contributed by atoms with Gasteiger partial charge in [0.1, 0.15) is 29.6 Å². The van der Waals surface area contributed by atoms with Gasteiger partial charge < -0.3 is 14.2 Å². The van der Waals surface area contributed by atoms with Gasteiger partial charge >= 0.3 is 151 Å². The Bertz CT molecular complexity index is 2080. The summed E-state index contributed by atoms with van der Waals surface area (Å²) in [6, 6.07) is 43.9. The van der Waals surface area contributed by atoms with Crippen molar-refractivity contribution in [1.29, 1.82) is 0 Å². The molecule has 318 valence electrons. The summed E-state index contributed by atoms with van der Waals surface area (Å²) in [5, 5.41) is 0. The maximum absolute atomic E-state index is 11.8. The Labute approximate surface area is 378 Å². The van der Waals surface area contributed by atoms with Crippen LogP contribution in [-0.4, -0.2) is 44.5 Å². The first-order chi connectivity index (χ1) is 29.2. The number of ether oxygens (including phenoxy) is 4. The van der Waals surface area contributed by atoms with Crippen LogP contribution in [0.1, 0.15) is 89.8 Å². The van der Waals surface area contributed by atoms with Gasteiger partial charge in [-0.1, -0.05) is 76.6 Å². The molecule has 0 atom stereocenters. The molecule has 6 nitrogen and oxygen atoms in total. The molecule has 0 unspecified atom stereocenters. The fourth-order valence-corrected chi connectivity index (χ4v) is 27.8. The van der Waals surface area contributed by atoms with E-state index in [1.165, 1.54) is 83.0 Å². The van der Waals surface area contributed by atoms with Crippen LogP contribution in [-0.2, 0) is 22.7 Å². The van der Waals surface area contributed by atoms with Crippen molar-refractivity contribution in [3.8, 4) is 21.9 Å². The quantitative estimate of drug-likeness (QED) is 0.0595. The minimum Gasteiger partial charge on any atom is -0.489 e. The number of benzene rings is 4. The van der Waals surface area contributed by atoms with E-state index >= 15 is 0 Å². The third kappa shape index (κ3) is 16.2. The van der Waals surface area contributed by atoms with Gasteiger partial charge in [-0.2, -0.15) is 0 Å². The Morgan fingerprint density at radius 2 is 0.967 bits per heavy atom. The predicted molar refractivity (Wildman–Crippen MR) is 257 cm³/mol. The van der Waals surface area contributed by atoms with Gasteiger partial charge in [-0.15, -0.1) is 11.3 Å². The summed E-state index contributed by atoms with van der Waals surface area (Å²) < 4.78 is 28.0. The Morgan fingerprint density at radius 3 is 1.42 bits per heavy atom. The minimum atomic E-state index is -2.34. The molecule has 4 aromatic carbocycles. The first-order valence-electron chi connectivity index (χ1n) is 20.8. The van der Waals surface area contributed by atoms with Gasteiger partial charge in [-0.3, -0.25) is 0 Å². The van der Waals surface area contributed by atoms with Gasteiger partial charge in [-0.05, 0) is 77.4 Å². The Hall–Kier alpha value is -3.90. The summed E-state index contributed by atoms with van der Waals surface area (Å²) in [6.45, 7) is 8.05. The van der Waals surface area contributed by atoms with Crippen molar-refractivity contribution >= 4 is 71.8 Å². The molecule has 10 heteroatoms. The van der Waals surface area contributed by atoms with Crippen molar-refractivity contribution in [2.24, 2.45) is 0 Å². The van der Waals surface area contributed by atoms with Crippen molar-refractivity contribution in [1.82, 2.24) is 0 Å². The van der Waals surface area contributed by atoms with Crippen molar-refractivity contribution < 1.29 is 28.5 Å². The Morgan fingerprint density at radius 1 is 0.533 bits per heavy atom. The van der Waals surface area contributed by atoms with Crippen LogP contribution >= 0.6 is 38.6 Å². The van der Waals surface area contributed by atoms with E-state index < -0.39 is 18.4 Å². The van der Waals surface area contributed by atoms with Gasteiger partial charge in [0.2, 0.25) is 0 Å². The van der Waals surface area contributed by atoms with Crippen LogP contribution < -0.4 is 12.4 Å². The summed E-state index contributed by atoms with van der Waals surface area (Å²) >= 11 is 4.20. The van der Waals surface area contributed by atoms with Crippen molar-refractivity contribution in [2.75, 3.05) is 14.2 Å². The second-order valence-electron chi connectivity index (χ2n) is 14.4. The van der Waals surface area contributed by atoms with Crippen LogP contribution in [0.15, 0.2) is 138 Å². The molecule has 0 aliphatic rings. The standard InChI is InChI=1S/C19H16O3S.C13H11BrO.C6H5O2S.3C4H9.Sn/c1-21-19(20)18-12-11-17(23-18)15-7-9-16(10-8-15)22-13-14-5-3-2-4-6-14;14-12-6-8-13(9-7-12)15-10-11-4-2-1-3-5-11;1-8-6(7)5-3-2-4-9-5;3*1-3-4-2;/h2-12H,13H2,1H3;1-9H,10H2;2-3H,1H3;3*1,3-4H2,2H3;. The summed E-state index contributed by atoms with van der Waals surface area (Å²) in [5.41, 5.74) is 3.37. The average molecular weight is 1020 g/mol. The second kappa shape index (κ2) is 27.1. The number of unbranched alkanes of at least 4 members (excludes halogenated alkanes) is 3. The molecule has 0 saturated carbocycles. The maximum Gasteiger partial charge on any atom is 0.348 e. The number of hydrogen-bond acceptors (Lipinski definition) is 8. The third-order valence-corrected chi connectivity index (χ3v) is 31.0. The zero-order chi connectivity index (χ0) is 43.0. The number of carbonyl (C=O) groups is 2. The van der Waals surface area contributed by atoms with E-state index in [4.69, 9.17) is 18.9 Å². The fraction of sp³-hybridized carbons (Fsp3) is 0.320. The summed E-state index contributed by atoms with van der Waals surface area (Å²) in [5.74, 6) is 1.24. The van der Waals surface area contributed by atoms with Crippen LogP contribution in [0.2, 0.25) is 13.3 Å². The van der Waals surface area contributed by atoms with Crippen molar-refractivity contribution in [3.05, 3.63) is 159 Å². The molecule has 0 N–H and O–H groups in total. The van der Waals surface area contributed by atoms with Crippen LogP contribution in [0.25, 0.3) is 10.4 Å². The molecule has 0 radical (unpaired) electrons. The molecule has 0 fully saturated rings. The predicted octanol–water partition coefficient (Wildman–Crippen LogP) is 14.4. The van der Waals surface area contributed by atoms with Gasteiger partial charge in [0.25, 0.3) is 0 Å². The Balaban J connectivity index is 0.000000203. The van der Waals surface area contributed by atoms with Crippen LogP contribution in [0.4, 0.5) is 0 Å². The summed E-state index contributed by atoms with van der Waals surface area (Å²) in [7, 11) is 2.87. The molecule has 2 aromatic heterocycles. The number of carbonyl (C=O) groups excluding carboxylic acids is 2. The average Bonchev–Trinajstić information content (AvgIpc) is 4.01. The molecule has 0 spiro atoms. The second-order valence-corrected chi connectivity index (χ2v) is 31.7. The first kappa shape index (κ1) is 48.8. The molecule has 0 aliphatic heterocycles. The van der Waals surface area contributed by atoms with Gasteiger partial charge in [0.15, 0.2) is 0 Å². The van der Waals surface area contributed by atoms with E-state index in [0.717, 1.165) is 36.9 Å². The van der Waals surface area contributed by atoms with Crippen LogP contribution in [0.5, 0.6) is 11.5 Å². The maximum atomic E-state index is 11.8. The summed E-state index contributed by atoms with van der Waals surface area (Å²) in [4.78, 5) is 25.7. The first-order valence-corrected chi connectivity index (χ1v) is 30.7. The van der Waals surface area contributed by atoms with Gasteiger partial charge in [-0.25, -0.2) is 4.79 Å². The molecule has 0 saturated heterocycles. The molecular weight excluding hydrogens is 959 g/mol. The third-order valence-electron chi connectivity index (χ3n) is 9.98. The zero-order valence-corrected chi connectivity index (χ0v) is 41.7. The molecule has 6 rings (SSSR count). The molecule has 0 amide bonds. The van der Waals surface area contributed by atoms with Crippen molar-refractivity contribution in [3.63, 3.8) is 0 Å². The van der Waals surface area contributed by atoms with Crippen LogP contribution in [0.3, 0.4) is 0 Å². The number of esters is 2. The SMILES string of the molecule is Brc1ccc(OCc2ccccc2)cc1.CCC[CH2][Sn]([CH2]CCC)([CH2]CCC)[c]1ccc(C(=O)OC)s1.COC(=O)c1ccc(-c2ccc(OCc3ccccc3)cc2)s1. The van der Waals surface area contributed by atoms with Gasteiger partial charge in [0, 0.05) is 9.35 Å². The molecule has 0 bridgehead atoms. The number of hydrogen-bond donors (Lipinski definition) is 0. The molecule has 2 heterocycles. The number of thiophene rings is 2. The largest absolute Gasteiger partial charge is 0.489 e. The molecule has 6 aromatic rings. The number of methoxy groups -OCH3 is 2. The van der Waals surface area contributed by atoms with E-state index in [9.17, 15) is 9.59 Å². The molecule has 0 aliphatic carbocycles. The Kier molecular flexibility index (Phi) is 22.0. The topological polar surface area (TPSA) is 71.1 Å². The van der Waals surface area contributed by atoms with Gasteiger partial charge in [0.05, 0.1) is 7.11 Å². The van der Waals surface area contributed by atoms with Crippen LogP contribution in [0, 0.1) is 0 Å². The van der Waals surface area contributed by atoms with E-state index in [1.807, 2.05) is 109 Å². The monoisotopic (exact) mass is 1020 g/mol. The minimum absolute atomic E-state index is 0.169. The van der Waals surface area contributed by atoms with E-state index in [2.05, 4.69) is 54.9 Å².